The zero-order chi connectivity index (χ0) is 23.0. The summed E-state index contributed by atoms with van der Waals surface area (Å²) in [7, 11) is 0. The number of hydrogen-bond acceptors (Lipinski definition) is 8. The van der Waals surface area contributed by atoms with E-state index in [-0.39, 0.29) is 11.6 Å². The summed E-state index contributed by atoms with van der Waals surface area (Å²) in [6.45, 7) is 3.65. The van der Waals surface area contributed by atoms with Crippen molar-refractivity contribution >= 4 is 29.4 Å². The van der Waals surface area contributed by atoms with Crippen molar-refractivity contribution in [3.63, 3.8) is 0 Å². The molecule has 164 valence electrons. The molecular formula is C24H22N8O. The van der Waals surface area contributed by atoms with Gasteiger partial charge >= 0.3 is 0 Å². The molecule has 9 nitrogen and oxygen atoms in total. The summed E-state index contributed by atoms with van der Waals surface area (Å²) >= 11 is 0. The highest BCUT2D eigenvalue weighted by atomic mass is 16.6. The van der Waals surface area contributed by atoms with Crippen LogP contribution in [-0.2, 0) is 0 Å². The van der Waals surface area contributed by atoms with Crippen LogP contribution in [0.5, 0.6) is 0 Å². The lowest BCUT2D eigenvalue weighted by Gasteiger charge is -1.99. The molecule has 4 aromatic rings. The third-order valence-electron chi connectivity index (χ3n) is 4.74. The third-order valence-corrected chi connectivity index (χ3v) is 4.74. The Labute approximate surface area is 190 Å². The first-order valence-corrected chi connectivity index (χ1v) is 10.2. The van der Waals surface area contributed by atoms with Crippen molar-refractivity contribution in [2.24, 2.45) is 10.2 Å². The number of benzene rings is 2. The Morgan fingerprint density at radius 1 is 0.909 bits per heavy atom. The van der Waals surface area contributed by atoms with Crippen molar-refractivity contribution in [1.82, 2.24) is 25.3 Å². The molecule has 0 aliphatic carbocycles. The summed E-state index contributed by atoms with van der Waals surface area (Å²) in [5, 5.41) is 24.5. The molecule has 2 aromatic heterocycles. The second-order valence-corrected chi connectivity index (χ2v) is 7.11. The molecule has 4 rings (SSSR count). The molecule has 0 fully saturated rings. The number of allylic oxidation sites excluding steroid dienone is 2. The van der Waals surface area contributed by atoms with Crippen molar-refractivity contribution in [2.75, 3.05) is 5.73 Å². The topological polar surface area (TPSA) is 120 Å². The predicted octanol–water partition coefficient (Wildman–Crippen LogP) is 4.13. The summed E-state index contributed by atoms with van der Waals surface area (Å²) in [5.41, 5.74) is 10.4. The minimum Gasteiger partial charge on any atom is -0.378 e. The van der Waals surface area contributed by atoms with Crippen LogP contribution in [0.15, 0.2) is 87.6 Å². The summed E-state index contributed by atoms with van der Waals surface area (Å²) in [6, 6.07) is 20.0. The third kappa shape index (κ3) is 5.34. The minimum atomic E-state index is 0.126. The van der Waals surface area contributed by atoms with Crippen molar-refractivity contribution in [3.05, 3.63) is 95.3 Å². The van der Waals surface area contributed by atoms with E-state index in [4.69, 9.17) is 5.73 Å². The number of hydrogen-bond donors (Lipinski definition) is 1. The Morgan fingerprint density at radius 3 is 2.06 bits per heavy atom. The Bertz CT molecular complexity index is 1280. The van der Waals surface area contributed by atoms with Crippen LogP contribution in [0.2, 0.25) is 0 Å². The lowest BCUT2D eigenvalue weighted by atomic mass is 10.1. The van der Waals surface area contributed by atoms with Crippen LogP contribution in [0.3, 0.4) is 0 Å². The smallest absolute Gasteiger partial charge is 0.243 e. The molecule has 33 heavy (non-hydrogen) atoms. The van der Waals surface area contributed by atoms with E-state index in [0.717, 1.165) is 11.1 Å². The lowest BCUT2D eigenvalue weighted by Crippen LogP contribution is -2.04. The molecule has 0 aliphatic rings. The zero-order valence-corrected chi connectivity index (χ0v) is 18.2. The number of rotatable bonds is 7. The van der Waals surface area contributed by atoms with Crippen LogP contribution in [0.4, 0.5) is 5.82 Å². The van der Waals surface area contributed by atoms with E-state index >= 15 is 0 Å². The Balaban J connectivity index is 1.63. The quantitative estimate of drug-likeness (QED) is 0.342. The fraction of sp³-hybridized carbons (Fsp3) is 0.0833. The predicted molar refractivity (Wildman–Crippen MR) is 129 cm³/mol. The van der Waals surface area contributed by atoms with Crippen LogP contribution >= 0.6 is 0 Å². The average molecular weight is 438 g/mol. The molecule has 0 aliphatic heterocycles. The Hall–Kier alpha value is -4.66. The van der Waals surface area contributed by atoms with E-state index in [1.807, 2.05) is 98.8 Å². The average Bonchev–Trinajstić information content (AvgIpc) is 3.44. The van der Waals surface area contributed by atoms with E-state index in [1.165, 1.54) is 4.68 Å². The highest BCUT2D eigenvalue weighted by molar-refractivity contribution is 6.09. The highest BCUT2D eigenvalue weighted by Crippen LogP contribution is 2.15. The maximum absolute atomic E-state index is 5.76. The van der Waals surface area contributed by atoms with Crippen molar-refractivity contribution in [3.8, 4) is 5.82 Å². The maximum atomic E-state index is 5.76. The van der Waals surface area contributed by atoms with E-state index in [1.54, 1.807) is 0 Å². The van der Waals surface area contributed by atoms with Crippen LogP contribution in [0.25, 0.3) is 18.0 Å². The molecule has 2 aromatic carbocycles. The number of aromatic nitrogens is 5. The van der Waals surface area contributed by atoms with Gasteiger partial charge in [0.25, 0.3) is 0 Å². The molecular weight excluding hydrogens is 416 g/mol. The van der Waals surface area contributed by atoms with E-state index in [0.29, 0.717) is 22.8 Å². The molecule has 0 amide bonds. The first kappa shape index (κ1) is 21.6. The maximum Gasteiger partial charge on any atom is 0.243 e. The van der Waals surface area contributed by atoms with E-state index in [2.05, 4.69) is 35.5 Å². The molecule has 2 N–H and O–H groups in total. The second kappa shape index (κ2) is 10.1. The molecule has 9 heteroatoms. The SMILES string of the molecule is C/C(=N\N=C(/C=C/c1ccccc1)/C=C/c1ccccc1)c1nnn(-c2nonc2N)c1C. The van der Waals surface area contributed by atoms with Gasteiger partial charge in [-0.25, -0.2) is 4.63 Å². The van der Waals surface area contributed by atoms with Gasteiger partial charge in [-0.15, -0.1) is 5.10 Å². The molecule has 0 spiro atoms. The molecule has 0 saturated carbocycles. The monoisotopic (exact) mass is 438 g/mol. The number of anilines is 1. The Kier molecular flexibility index (Phi) is 6.60. The lowest BCUT2D eigenvalue weighted by molar-refractivity contribution is 0.306. The summed E-state index contributed by atoms with van der Waals surface area (Å²) in [6.07, 6.45) is 7.80. The molecule has 2 heterocycles. The van der Waals surface area contributed by atoms with Gasteiger partial charge < -0.3 is 5.73 Å². The van der Waals surface area contributed by atoms with Gasteiger partial charge in [-0.2, -0.15) is 14.9 Å². The van der Waals surface area contributed by atoms with Gasteiger partial charge in [-0.3, -0.25) is 0 Å². The summed E-state index contributed by atoms with van der Waals surface area (Å²) in [4.78, 5) is 0. The number of nitrogens with two attached hydrogens (primary N) is 1. The molecule has 0 bridgehead atoms. The summed E-state index contributed by atoms with van der Waals surface area (Å²) < 4.78 is 6.10. The van der Waals surface area contributed by atoms with Crippen molar-refractivity contribution in [2.45, 2.75) is 13.8 Å². The van der Waals surface area contributed by atoms with E-state index < -0.39 is 0 Å². The fourth-order valence-corrected chi connectivity index (χ4v) is 3.00. The Morgan fingerprint density at radius 2 is 1.52 bits per heavy atom. The van der Waals surface area contributed by atoms with Gasteiger partial charge in [-0.05, 0) is 47.4 Å². The normalized spacial score (nSPS) is 12.0. The summed E-state index contributed by atoms with van der Waals surface area (Å²) in [5.74, 6) is 0.404. The van der Waals surface area contributed by atoms with Gasteiger partial charge in [0, 0.05) is 0 Å². The van der Waals surface area contributed by atoms with Crippen molar-refractivity contribution < 1.29 is 4.63 Å². The van der Waals surface area contributed by atoms with Gasteiger partial charge in [0.15, 0.2) is 0 Å². The van der Waals surface area contributed by atoms with Gasteiger partial charge in [-0.1, -0.05) is 78.0 Å². The van der Waals surface area contributed by atoms with Crippen molar-refractivity contribution in [1.29, 1.82) is 0 Å². The first-order valence-electron chi connectivity index (χ1n) is 10.2. The molecule has 0 saturated heterocycles. The van der Waals surface area contributed by atoms with Gasteiger partial charge in [0.1, 0.15) is 5.69 Å². The number of nitrogen functional groups attached to an aromatic ring is 1. The largest absolute Gasteiger partial charge is 0.378 e. The van der Waals surface area contributed by atoms with Crippen LogP contribution < -0.4 is 5.73 Å². The van der Waals surface area contributed by atoms with Crippen LogP contribution in [0, 0.1) is 6.92 Å². The van der Waals surface area contributed by atoms with Gasteiger partial charge in [0.2, 0.25) is 11.6 Å². The first-order chi connectivity index (χ1) is 16.1. The van der Waals surface area contributed by atoms with Crippen LogP contribution in [0.1, 0.15) is 29.4 Å². The molecule has 0 unspecified atom stereocenters. The second-order valence-electron chi connectivity index (χ2n) is 7.11. The molecule has 0 atom stereocenters. The van der Waals surface area contributed by atoms with E-state index in [9.17, 15) is 0 Å². The van der Waals surface area contributed by atoms with Crippen LogP contribution in [-0.4, -0.2) is 36.7 Å². The highest BCUT2D eigenvalue weighted by Gasteiger charge is 2.17. The minimum absolute atomic E-state index is 0.126. The number of nitrogens with zero attached hydrogens (tertiary/aromatic N) is 7. The molecule has 0 radical (unpaired) electrons. The fourth-order valence-electron chi connectivity index (χ4n) is 3.00. The van der Waals surface area contributed by atoms with Gasteiger partial charge in [0.05, 0.1) is 17.1 Å². The standard InChI is InChI=1S/C24H22N8O/c1-17(22-18(2)32(31-28-22)24-23(25)29-33-30-24)26-27-21(15-13-19-9-5-3-6-10-19)16-14-20-11-7-4-8-12-20/h3-16H,1-2H3,(H2,25,29)/b15-13+,16-14+,26-17+. The zero-order valence-electron chi connectivity index (χ0n) is 18.2.